The molecule has 0 spiro atoms. The normalized spacial score (nSPS) is 16.0. The number of phenols is 1. The van der Waals surface area contributed by atoms with E-state index in [2.05, 4.69) is 10.3 Å². The fourth-order valence-corrected chi connectivity index (χ4v) is 4.55. The SMILES string of the molecule is COc1cc([C@@H]2SCC(=O)Nc3ncn(-c4cccc(Cl)c4)c32)cc(OC)c1O. The van der Waals surface area contributed by atoms with Crippen LogP contribution in [0.1, 0.15) is 16.5 Å². The topological polar surface area (TPSA) is 85.6 Å². The fraction of sp³-hybridized carbons (Fsp3) is 0.200. The van der Waals surface area contributed by atoms with Gasteiger partial charge < -0.3 is 19.9 Å². The number of nitrogens with zero attached hydrogens (tertiary/aromatic N) is 2. The van der Waals surface area contributed by atoms with E-state index < -0.39 is 0 Å². The number of thioether (sulfide) groups is 1. The third-order valence-electron chi connectivity index (χ3n) is 4.58. The predicted molar refractivity (Wildman–Crippen MR) is 113 cm³/mol. The standard InChI is InChI=1S/C20H18ClN3O4S/c1-27-14-6-11(7-15(28-2)18(14)26)19-17-20(23-16(25)9-29-19)22-10-24(17)13-5-3-4-12(21)8-13/h3-8,10,19,26H,9H2,1-2H3,(H,23,25)/t19-/m0/s1. The van der Waals surface area contributed by atoms with Crippen LogP contribution >= 0.6 is 23.4 Å². The van der Waals surface area contributed by atoms with Crippen molar-refractivity contribution in [1.82, 2.24) is 9.55 Å². The van der Waals surface area contributed by atoms with Gasteiger partial charge >= 0.3 is 0 Å². The van der Waals surface area contributed by atoms with Crippen molar-refractivity contribution in [3.8, 4) is 22.9 Å². The predicted octanol–water partition coefficient (Wildman–Crippen LogP) is 4.02. The number of amides is 1. The molecule has 2 aromatic carbocycles. The summed E-state index contributed by atoms with van der Waals surface area (Å²) in [5.41, 5.74) is 2.42. The summed E-state index contributed by atoms with van der Waals surface area (Å²) in [5, 5.41) is 13.5. The van der Waals surface area contributed by atoms with E-state index in [1.54, 1.807) is 24.5 Å². The molecule has 150 valence electrons. The number of phenolic OH excluding ortho intramolecular Hbond substituents is 1. The molecular weight excluding hydrogens is 414 g/mol. The molecular formula is C20H18ClN3O4S. The molecule has 2 heterocycles. The van der Waals surface area contributed by atoms with Gasteiger partial charge in [-0.25, -0.2) is 4.98 Å². The zero-order chi connectivity index (χ0) is 20.5. The van der Waals surface area contributed by atoms with Crippen LogP contribution in [0.3, 0.4) is 0 Å². The van der Waals surface area contributed by atoms with E-state index >= 15 is 0 Å². The number of hydrogen-bond donors (Lipinski definition) is 2. The highest BCUT2D eigenvalue weighted by Crippen LogP contribution is 2.47. The van der Waals surface area contributed by atoms with Crippen LogP contribution in [0.5, 0.6) is 17.2 Å². The average molecular weight is 432 g/mol. The molecule has 0 aliphatic carbocycles. The molecule has 1 amide bonds. The van der Waals surface area contributed by atoms with Gasteiger partial charge in [0.15, 0.2) is 17.3 Å². The van der Waals surface area contributed by atoms with E-state index in [0.29, 0.717) is 22.3 Å². The third kappa shape index (κ3) is 3.61. The summed E-state index contributed by atoms with van der Waals surface area (Å²) >= 11 is 7.63. The minimum atomic E-state index is -0.270. The molecule has 1 aliphatic rings. The highest BCUT2D eigenvalue weighted by molar-refractivity contribution is 8.00. The second kappa shape index (κ2) is 7.88. The average Bonchev–Trinajstić information content (AvgIpc) is 3.04. The third-order valence-corrected chi connectivity index (χ3v) is 6.08. The van der Waals surface area contributed by atoms with Crippen LogP contribution in [-0.2, 0) is 4.79 Å². The molecule has 3 aromatic rings. The minimum absolute atomic E-state index is 0.0739. The van der Waals surface area contributed by atoms with Gasteiger partial charge in [-0.15, -0.1) is 11.8 Å². The van der Waals surface area contributed by atoms with Gasteiger partial charge in [-0.3, -0.25) is 9.36 Å². The van der Waals surface area contributed by atoms with E-state index in [0.717, 1.165) is 16.9 Å². The molecule has 0 radical (unpaired) electrons. The van der Waals surface area contributed by atoms with Crippen molar-refractivity contribution in [1.29, 1.82) is 0 Å². The number of aromatic hydroxyl groups is 1. The maximum Gasteiger partial charge on any atom is 0.235 e. The van der Waals surface area contributed by atoms with E-state index in [9.17, 15) is 9.90 Å². The van der Waals surface area contributed by atoms with Crippen LogP contribution < -0.4 is 14.8 Å². The van der Waals surface area contributed by atoms with Gasteiger partial charge in [0.1, 0.15) is 6.33 Å². The van der Waals surface area contributed by atoms with Gasteiger partial charge in [0.05, 0.1) is 30.9 Å². The summed E-state index contributed by atoms with van der Waals surface area (Å²) < 4.78 is 12.5. The number of rotatable bonds is 4. The van der Waals surface area contributed by atoms with Crippen LogP contribution in [-0.4, -0.2) is 40.5 Å². The van der Waals surface area contributed by atoms with Crippen LogP contribution in [0.2, 0.25) is 5.02 Å². The highest BCUT2D eigenvalue weighted by atomic mass is 35.5. The quantitative estimate of drug-likeness (QED) is 0.648. The van der Waals surface area contributed by atoms with Crippen molar-refractivity contribution in [2.24, 2.45) is 0 Å². The maximum absolute atomic E-state index is 12.2. The maximum atomic E-state index is 12.2. The minimum Gasteiger partial charge on any atom is -0.502 e. The Balaban J connectivity index is 1.91. The summed E-state index contributed by atoms with van der Waals surface area (Å²) in [6.45, 7) is 0. The number of methoxy groups -OCH3 is 2. The summed E-state index contributed by atoms with van der Waals surface area (Å²) in [6.07, 6.45) is 1.66. The molecule has 1 aliphatic heterocycles. The van der Waals surface area contributed by atoms with E-state index in [1.807, 2.05) is 22.8 Å². The largest absolute Gasteiger partial charge is 0.502 e. The van der Waals surface area contributed by atoms with Crippen LogP contribution in [0.25, 0.3) is 5.69 Å². The first-order chi connectivity index (χ1) is 14.0. The number of benzene rings is 2. The van der Waals surface area contributed by atoms with Gasteiger partial charge in [-0.05, 0) is 35.9 Å². The van der Waals surface area contributed by atoms with Crippen molar-refractivity contribution in [3.05, 3.63) is 59.0 Å². The van der Waals surface area contributed by atoms with Crippen molar-refractivity contribution in [3.63, 3.8) is 0 Å². The molecule has 29 heavy (non-hydrogen) atoms. The Bertz CT molecular complexity index is 1060. The highest BCUT2D eigenvalue weighted by Gasteiger charge is 2.30. The van der Waals surface area contributed by atoms with E-state index in [4.69, 9.17) is 21.1 Å². The van der Waals surface area contributed by atoms with Gasteiger partial charge in [0.2, 0.25) is 11.7 Å². The second-order valence-electron chi connectivity index (χ2n) is 6.34. The number of carbonyl (C=O) groups excluding carboxylic acids is 1. The number of aromatic nitrogens is 2. The Labute approximate surface area is 176 Å². The van der Waals surface area contributed by atoms with Crippen LogP contribution in [0.4, 0.5) is 5.82 Å². The summed E-state index contributed by atoms with van der Waals surface area (Å²) in [5.74, 6) is 1.11. The lowest BCUT2D eigenvalue weighted by Gasteiger charge is -2.20. The number of hydrogen-bond acceptors (Lipinski definition) is 6. The number of halogens is 1. The number of carbonyl (C=O) groups is 1. The molecule has 0 saturated heterocycles. The second-order valence-corrected chi connectivity index (χ2v) is 7.87. The zero-order valence-corrected chi connectivity index (χ0v) is 17.3. The molecule has 1 aromatic heterocycles. The first-order valence-corrected chi connectivity index (χ1v) is 10.1. The molecule has 0 unspecified atom stereocenters. The smallest absolute Gasteiger partial charge is 0.235 e. The van der Waals surface area contributed by atoms with Gasteiger partial charge in [0, 0.05) is 10.7 Å². The van der Waals surface area contributed by atoms with E-state index in [-0.39, 0.29) is 22.7 Å². The molecule has 1 atom stereocenters. The molecule has 7 nitrogen and oxygen atoms in total. The first-order valence-electron chi connectivity index (χ1n) is 8.71. The molecule has 0 fully saturated rings. The van der Waals surface area contributed by atoms with Crippen molar-refractivity contribution >= 4 is 35.1 Å². The summed E-state index contributed by atoms with van der Waals surface area (Å²) in [4.78, 5) is 16.6. The molecule has 9 heteroatoms. The Morgan fingerprint density at radius 3 is 2.62 bits per heavy atom. The van der Waals surface area contributed by atoms with Gasteiger partial charge in [-0.1, -0.05) is 17.7 Å². The Hall–Kier alpha value is -2.84. The van der Waals surface area contributed by atoms with E-state index in [1.165, 1.54) is 26.0 Å². The molecule has 2 N–H and O–H groups in total. The first kappa shape index (κ1) is 19.5. The van der Waals surface area contributed by atoms with Crippen LogP contribution in [0.15, 0.2) is 42.7 Å². The Kier molecular flexibility index (Phi) is 5.29. The Morgan fingerprint density at radius 1 is 1.24 bits per heavy atom. The monoisotopic (exact) mass is 431 g/mol. The Morgan fingerprint density at radius 2 is 1.97 bits per heavy atom. The lowest BCUT2D eigenvalue weighted by molar-refractivity contribution is -0.113. The van der Waals surface area contributed by atoms with Gasteiger partial charge in [0.25, 0.3) is 0 Å². The zero-order valence-electron chi connectivity index (χ0n) is 15.7. The van der Waals surface area contributed by atoms with Crippen molar-refractivity contribution in [2.45, 2.75) is 5.25 Å². The number of fused-ring (bicyclic) bond motifs is 1. The number of nitrogens with one attached hydrogen (secondary N) is 1. The van der Waals surface area contributed by atoms with Gasteiger partial charge in [-0.2, -0.15) is 0 Å². The summed E-state index contributed by atoms with van der Waals surface area (Å²) in [7, 11) is 2.95. The molecule has 0 saturated carbocycles. The molecule has 0 bridgehead atoms. The molecule has 4 rings (SSSR count). The van der Waals surface area contributed by atoms with Crippen LogP contribution in [0, 0.1) is 0 Å². The fourth-order valence-electron chi connectivity index (χ4n) is 3.26. The van der Waals surface area contributed by atoms with Crippen molar-refractivity contribution < 1.29 is 19.4 Å². The lowest BCUT2D eigenvalue weighted by atomic mass is 10.1. The number of anilines is 1. The number of ether oxygens (including phenoxy) is 2. The van der Waals surface area contributed by atoms with Crippen molar-refractivity contribution in [2.75, 3.05) is 25.3 Å². The lowest BCUT2D eigenvalue weighted by Crippen LogP contribution is -2.12. The summed E-state index contributed by atoms with van der Waals surface area (Å²) in [6, 6.07) is 10.9. The number of imidazole rings is 1.